The van der Waals surface area contributed by atoms with Crippen LogP contribution in [0.4, 0.5) is 10.8 Å². The summed E-state index contributed by atoms with van der Waals surface area (Å²) in [5, 5.41) is 8.30. The molecule has 2 aromatic heterocycles. The first-order valence-corrected chi connectivity index (χ1v) is 7.51. The Morgan fingerprint density at radius 1 is 1.16 bits per heavy atom. The first-order chi connectivity index (χ1) is 9.35. The summed E-state index contributed by atoms with van der Waals surface area (Å²) >= 11 is 3.30. The molecule has 0 saturated heterocycles. The van der Waals surface area contributed by atoms with Crippen molar-refractivity contribution in [2.45, 2.75) is 0 Å². The molecule has 0 amide bonds. The van der Waals surface area contributed by atoms with Crippen LogP contribution in [0.3, 0.4) is 0 Å². The molecule has 19 heavy (non-hydrogen) atoms. The predicted molar refractivity (Wildman–Crippen MR) is 81.7 cm³/mol. The largest absolute Gasteiger partial charge is 0.497 e. The van der Waals surface area contributed by atoms with E-state index in [1.807, 2.05) is 30.3 Å². The average molecular weight is 288 g/mol. The number of rotatable bonds is 4. The molecule has 0 aliphatic carbocycles. The van der Waals surface area contributed by atoms with Gasteiger partial charge in [-0.2, -0.15) is 0 Å². The second-order valence-corrected chi connectivity index (χ2v) is 5.68. The fourth-order valence-electron chi connectivity index (χ4n) is 1.69. The topological polar surface area (TPSA) is 34.1 Å². The fraction of sp³-hybridized carbons (Fsp3) is 0.0714. The summed E-state index contributed by atoms with van der Waals surface area (Å²) in [6, 6.07) is 11.9. The van der Waals surface area contributed by atoms with Crippen molar-refractivity contribution in [3.63, 3.8) is 0 Å². The molecule has 1 N–H and O–H groups in total. The van der Waals surface area contributed by atoms with Crippen LogP contribution in [-0.4, -0.2) is 12.1 Å². The van der Waals surface area contributed by atoms with Crippen molar-refractivity contribution in [3.8, 4) is 16.3 Å². The van der Waals surface area contributed by atoms with Crippen LogP contribution in [0.15, 0.2) is 47.2 Å². The average Bonchev–Trinajstić information content (AvgIpc) is 3.09. The van der Waals surface area contributed by atoms with Crippen LogP contribution in [0.2, 0.25) is 0 Å². The van der Waals surface area contributed by atoms with Crippen molar-refractivity contribution in [2.24, 2.45) is 0 Å². The molecular weight excluding hydrogens is 276 g/mol. The Hall–Kier alpha value is -1.85. The molecule has 1 aromatic carbocycles. The maximum absolute atomic E-state index is 5.20. The van der Waals surface area contributed by atoms with Gasteiger partial charge in [0.25, 0.3) is 0 Å². The van der Waals surface area contributed by atoms with Crippen molar-refractivity contribution >= 4 is 33.5 Å². The number of aromatic nitrogens is 1. The Morgan fingerprint density at radius 3 is 2.89 bits per heavy atom. The standard InChI is InChI=1S/C14H12N2OS2/c1-17-11-5-2-4-10(8-11)15-14-16-12(9-19-14)13-6-3-7-18-13/h2-9H,1H3,(H,15,16). The molecule has 3 nitrogen and oxygen atoms in total. The van der Waals surface area contributed by atoms with Crippen LogP contribution in [0.5, 0.6) is 5.75 Å². The monoisotopic (exact) mass is 288 g/mol. The summed E-state index contributed by atoms with van der Waals surface area (Å²) in [4.78, 5) is 5.77. The number of nitrogens with zero attached hydrogens (tertiary/aromatic N) is 1. The minimum atomic E-state index is 0.833. The SMILES string of the molecule is COc1cccc(Nc2nc(-c3cccs3)cs2)c1. The summed E-state index contributed by atoms with van der Waals surface area (Å²) in [6.07, 6.45) is 0. The Balaban J connectivity index is 1.80. The summed E-state index contributed by atoms with van der Waals surface area (Å²) in [5.41, 5.74) is 2.00. The zero-order valence-corrected chi connectivity index (χ0v) is 11.9. The van der Waals surface area contributed by atoms with E-state index in [-0.39, 0.29) is 0 Å². The van der Waals surface area contributed by atoms with Gasteiger partial charge in [0.1, 0.15) is 5.75 Å². The van der Waals surface area contributed by atoms with Gasteiger partial charge in [0.15, 0.2) is 5.13 Å². The smallest absolute Gasteiger partial charge is 0.187 e. The van der Waals surface area contributed by atoms with Crippen molar-refractivity contribution in [2.75, 3.05) is 12.4 Å². The van der Waals surface area contributed by atoms with E-state index in [0.717, 1.165) is 22.3 Å². The number of nitrogens with one attached hydrogen (secondary N) is 1. The fourth-order valence-corrected chi connectivity index (χ4v) is 3.18. The molecule has 3 rings (SSSR count). The minimum Gasteiger partial charge on any atom is -0.497 e. The first-order valence-electron chi connectivity index (χ1n) is 5.75. The molecule has 0 radical (unpaired) electrons. The van der Waals surface area contributed by atoms with E-state index in [1.165, 1.54) is 4.88 Å². The zero-order valence-electron chi connectivity index (χ0n) is 10.3. The molecule has 0 aliphatic rings. The van der Waals surface area contributed by atoms with Crippen molar-refractivity contribution < 1.29 is 4.74 Å². The summed E-state index contributed by atoms with van der Waals surface area (Å²) in [6.45, 7) is 0. The second kappa shape index (κ2) is 5.42. The van der Waals surface area contributed by atoms with Gasteiger partial charge in [-0.1, -0.05) is 12.1 Å². The summed E-state index contributed by atoms with van der Waals surface area (Å²) in [7, 11) is 1.66. The molecule has 3 aromatic rings. The van der Waals surface area contributed by atoms with Gasteiger partial charge < -0.3 is 10.1 Å². The van der Waals surface area contributed by atoms with Crippen molar-refractivity contribution in [3.05, 3.63) is 47.2 Å². The van der Waals surface area contributed by atoms with E-state index in [9.17, 15) is 0 Å². The highest BCUT2D eigenvalue weighted by atomic mass is 32.1. The van der Waals surface area contributed by atoms with Gasteiger partial charge >= 0.3 is 0 Å². The molecule has 0 fully saturated rings. The van der Waals surface area contributed by atoms with E-state index >= 15 is 0 Å². The van der Waals surface area contributed by atoms with Gasteiger partial charge in [0.2, 0.25) is 0 Å². The van der Waals surface area contributed by atoms with Gasteiger partial charge in [-0.25, -0.2) is 4.98 Å². The normalized spacial score (nSPS) is 10.4. The lowest BCUT2D eigenvalue weighted by atomic mass is 10.3. The Kier molecular flexibility index (Phi) is 3.48. The van der Waals surface area contributed by atoms with Crippen LogP contribution < -0.4 is 10.1 Å². The van der Waals surface area contributed by atoms with E-state index in [4.69, 9.17) is 4.74 Å². The van der Waals surface area contributed by atoms with Crippen LogP contribution in [0.1, 0.15) is 0 Å². The molecule has 0 atom stereocenters. The lowest BCUT2D eigenvalue weighted by Gasteiger charge is -2.04. The van der Waals surface area contributed by atoms with Crippen LogP contribution in [0.25, 0.3) is 10.6 Å². The molecule has 5 heteroatoms. The maximum Gasteiger partial charge on any atom is 0.187 e. The lowest BCUT2D eigenvalue weighted by molar-refractivity contribution is 0.415. The Bertz CT molecular complexity index is 662. The van der Waals surface area contributed by atoms with Crippen LogP contribution in [0, 0.1) is 0 Å². The van der Waals surface area contributed by atoms with Gasteiger partial charge in [0, 0.05) is 17.1 Å². The van der Waals surface area contributed by atoms with Gasteiger partial charge in [-0.3, -0.25) is 0 Å². The van der Waals surface area contributed by atoms with Crippen LogP contribution >= 0.6 is 22.7 Å². The highest BCUT2D eigenvalue weighted by molar-refractivity contribution is 7.16. The number of hydrogen-bond donors (Lipinski definition) is 1. The molecule has 0 saturated carbocycles. The number of ether oxygens (including phenoxy) is 1. The number of hydrogen-bond acceptors (Lipinski definition) is 5. The number of thiophene rings is 1. The summed E-state index contributed by atoms with van der Waals surface area (Å²) in [5.74, 6) is 0.833. The van der Waals surface area contributed by atoms with E-state index in [2.05, 4.69) is 27.1 Å². The van der Waals surface area contributed by atoms with E-state index in [0.29, 0.717) is 0 Å². The molecule has 96 valence electrons. The highest BCUT2D eigenvalue weighted by Gasteiger charge is 2.05. The molecule has 0 aliphatic heterocycles. The molecule has 0 spiro atoms. The van der Waals surface area contributed by atoms with Crippen molar-refractivity contribution in [1.29, 1.82) is 0 Å². The maximum atomic E-state index is 5.20. The quantitative estimate of drug-likeness (QED) is 0.760. The number of anilines is 2. The third-order valence-electron chi connectivity index (χ3n) is 2.60. The number of methoxy groups -OCH3 is 1. The Labute approximate surface area is 119 Å². The number of benzene rings is 1. The van der Waals surface area contributed by atoms with E-state index < -0.39 is 0 Å². The second-order valence-electron chi connectivity index (χ2n) is 3.87. The van der Waals surface area contributed by atoms with Crippen molar-refractivity contribution in [1.82, 2.24) is 4.98 Å². The molecular formula is C14H12N2OS2. The molecule has 2 heterocycles. The van der Waals surface area contributed by atoms with Gasteiger partial charge in [0.05, 0.1) is 17.7 Å². The third kappa shape index (κ3) is 2.77. The van der Waals surface area contributed by atoms with E-state index in [1.54, 1.807) is 29.8 Å². The lowest BCUT2D eigenvalue weighted by Crippen LogP contribution is -1.90. The van der Waals surface area contributed by atoms with Crippen LogP contribution in [-0.2, 0) is 0 Å². The first kappa shape index (κ1) is 12.2. The van der Waals surface area contributed by atoms with Gasteiger partial charge in [-0.15, -0.1) is 22.7 Å². The summed E-state index contributed by atoms with van der Waals surface area (Å²) < 4.78 is 5.20. The highest BCUT2D eigenvalue weighted by Crippen LogP contribution is 2.30. The predicted octanol–water partition coefficient (Wildman–Crippen LogP) is 4.62. The molecule has 0 unspecified atom stereocenters. The number of thiazole rings is 1. The third-order valence-corrected chi connectivity index (χ3v) is 4.25. The van der Waals surface area contributed by atoms with Gasteiger partial charge in [-0.05, 0) is 23.6 Å². The minimum absolute atomic E-state index is 0.833. The molecule has 0 bridgehead atoms. The Morgan fingerprint density at radius 2 is 2.11 bits per heavy atom. The zero-order chi connectivity index (χ0) is 13.1.